The molecule has 1 aliphatic rings. The summed E-state index contributed by atoms with van der Waals surface area (Å²) >= 11 is 0. The number of nitrogens with two attached hydrogens (primary N) is 1. The van der Waals surface area contributed by atoms with Crippen molar-refractivity contribution in [3.05, 3.63) is 24.4 Å². The number of aliphatic hydroxyl groups is 1. The molecule has 3 aromatic rings. The summed E-state index contributed by atoms with van der Waals surface area (Å²) in [5.41, 5.74) is 7.05. The first-order chi connectivity index (χ1) is 14.1. The van der Waals surface area contributed by atoms with E-state index in [1.165, 1.54) is 0 Å². The van der Waals surface area contributed by atoms with E-state index in [4.69, 9.17) is 19.9 Å². The molecule has 29 heavy (non-hydrogen) atoms. The fourth-order valence-electron chi connectivity index (χ4n) is 3.69. The third kappa shape index (κ3) is 3.86. The van der Waals surface area contributed by atoms with Gasteiger partial charge in [-0.2, -0.15) is 0 Å². The molecule has 0 unspecified atom stereocenters. The molecular formula is C21H26N4O4. The maximum absolute atomic E-state index is 9.79. The van der Waals surface area contributed by atoms with Gasteiger partial charge >= 0.3 is 0 Å². The van der Waals surface area contributed by atoms with Gasteiger partial charge in [-0.3, -0.25) is 4.98 Å². The number of ether oxygens (including phenoxy) is 3. The Labute approximate surface area is 169 Å². The van der Waals surface area contributed by atoms with Gasteiger partial charge in [0.1, 0.15) is 18.2 Å². The largest absolute Gasteiger partial charge is 0.493 e. The van der Waals surface area contributed by atoms with E-state index in [1.807, 2.05) is 18.2 Å². The average molecular weight is 398 g/mol. The Bertz CT molecular complexity index is 1020. The molecule has 154 valence electrons. The van der Waals surface area contributed by atoms with Gasteiger partial charge in [0.2, 0.25) is 0 Å². The van der Waals surface area contributed by atoms with E-state index in [1.54, 1.807) is 20.4 Å². The lowest BCUT2D eigenvalue weighted by Gasteiger charge is -2.30. The summed E-state index contributed by atoms with van der Waals surface area (Å²) in [7, 11) is 3.25. The SMILES string of the molecule is COCCOc1cc2ncc3c(N)nc(N4CCC(O)CC4)cc3c2cc1OC. The fraction of sp³-hybridized carbons (Fsp3) is 0.429. The first-order valence-electron chi connectivity index (χ1n) is 9.72. The van der Waals surface area contributed by atoms with Crippen LogP contribution < -0.4 is 20.1 Å². The Hall–Kier alpha value is -2.84. The number of nitrogen functional groups attached to an aromatic ring is 1. The molecule has 1 saturated heterocycles. The second kappa shape index (κ2) is 8.26. The number of methoxy groups -OCH3 is 2. The minimum atomic E-state index is -0.241. The molecule has 0 spiro atoms. The van der Waals surface area contributed by atoms with Gasteiger partial charge in [0.05, 0.1) is 25.3 Å². The highest BCUT2D eigenvalue weighted by Gasteiger charge is 2.20. The molecule has 0 radical (unpaired) electrons. The zero-order valence-electron chi connectivity index (χ0n) is 16.7. The molecule has 8 heteroatoms. The summed E-state index contributed by atoms with van der Waals surface area (Å²) in [4.78, 5) is 11.3. The molecule has 1 fully saturated rings. The molecule has 3 heterocycles. The van der Waals surface area contributed by atoms with E-state index in [0.29, 0.717) is 30.5 Å². The van der Waals surface area contributed by atoms with Crippen molar-refractivity contribution in [3.63, 3.8) is 0 Å². The van der Waals surface area contributed by atoms with Crippen molar-refractivity contribution in [2.75, 3.05) is 51.2 Å². The van der Waals surface area contributed by atoms with Gasteiger partial charge in [-0.1, -0.05) is 0 Å². The molecule has 0 aliphatic carbocycles. The number of hydrogen-bond donors (Lipinski definition) is 2. The molecule has 2 aromatic heterocycles. The van der Waals surface area contributed by atoms with E-state index >= 15 is 0 Å². The molecule has 8 nitrogen and oxygen atoms in total. The number of nitrogens with zero attached hydrogens (tertiary/aromatic N) is 3. The summed E-state index contributed by atoms with van der Waals surface area (Å²) in [5.74, 6) is 2.50. The Kier molecular flexibility index (Phi) is 5.55. The predicted molar refractivity (Wildman–Crippen MR) is 113 cm³/mol. The van der Waals surface area contributed by atoms with Crippen LogP contribution in [-0.2, 0) is 4.74 Å². The van der Waals surface area contributed by atoms with Crippen molar-refractivity contribution >= 4 is 33.3 Å². The smallest absolute Gasteiger partial charge is 0.163 e. The fourth-order valence-corrected chi connectivity index (χ4v) is 3.69. The van der Waals surface area contributed by atoms with Crippen LogP contribution in [0.2, 0.25) is 0 Å². The number of benzene rings is 1. The number of hydrogen-bond acceptors (Lipinski definition) is 8. The van der Waals surface area contributed by atoms with Gasteiger partial charge in [0, 0.05) is 48.6 Å². The monoisotopic (exact) mass is 398 g/mol. The molecule has 0 atom stereocenters. The second-order valence-electron chi connectivity index (χ2n) is 7.16. The predicted octanol–water partition coefficient (Wildman–Crippen LogP) is 2.36. The lowest BCUT2D eigenvalue weighted by molar-refractivity contribution is 0.144. The molecule has 3 N–H and O–H groups in total. The van der Waals surface area contributed by atoms with Crippen molar-refractivity contribution < 1.29 is 19.3 Å². The number of aliphatic hydroxyl groups excluding tert-OH is 1. The Morgan fingerprint density at radius 1 is 1.07 bits per heavy atom. The van der Waals surface area contributed by atoms with Crippen LogP contribution in [0.3, 0.4) is 0 Å². The van der Waals surface area contributed by atoms with Gasteiger partial charge in [-0.05, 0) is 25.0 Å². The molecule has 1 aromatic carbocycles. The first kappa shape index (κ1) is 19.5. The van der Waals surface area contributed by atoms with Crippen molar-refractivity contribution in [2.45, 2.75) is 18.9 Å². The topological polar surface area (TPSA) is 103 Å². The highest BCUT2D eigenvalue weighted by Crippen LogP contribution is 2.37. The number of anilines is 2. The van der Waals surface area contributed by atoms with Crippen molar-refractivity contribution in [1.29, 1.82) is 0 Å². The third-order valence-corrected chi connectivity index (χ3v) is 5.31. The maximum atomic E-state index is 9.79. The number of fused-ring (bicyclic) bond motifs is 3. The standard InChI is InChI=1S/C21H26N4O4/c1-27-7-8-29-19-11-17-15(9-18(19)28-2)14-10-20(24-21(22)16(14)12-23-17)25-5-3-13(26)4-6-25/h9-13,26H,3-8H2,1-2H3,(H2,22,24). The Morgan fingerprint density at radius 2 is 1.86 bits per heavy atom. The Balaban J connectivity index is 1.80. The van der Waals surface area contributed by atoms with E-state index in [-0.39, 0.29) is 6.10 Å². The van der Waals surface area contributed by atoms with Gasteiger partial charge < -0.3 is 30.0 Å². The van der Waals surface area contributed by atoms with E-state index < -0.39 is 0 Å². The number of rotatable bonds is 6. The van der Waals surface area contributed by atoms with Crippen LogP contribution in [0.5, 0.6) is 11.5 Å². The van der Waals surface area contributed by atoms with Crippen LogP contribution in [0.15, 0.2) is 24.4 Å². The van der Waals surface area contributed by atoms with Crippen molar-refractivity contribution in [1.82, 2.24) is 9.97 Å². The van der Waals surface area contributed by atoms with Gasteiger partial charge in [0.25, 0.3) is 0 Å². The van der Waals surface area contributed by atoms with E-state index in [0.717, 1.165) is 53.4 Å². The highest BCUT2D eigenvalue weighted by molar-refractivity contribution is 6.10. The lowest BCUT2D eigenvalue weighted by Crippen LogP contribution is -2.36. The molecule has 1 aliphatic heterocycles. The second-order valence-corrected chi connectivity index (χ2v) is 7.16. The van der Waals surface area contributed by atoms with Gasteiger partial charge in [0.15, 0.2) is 11.5 Å². The number of pyridine rings is 2. The molecule has 0 bridgehead atoms. The molecular weight excluding hydrogens is 372 g/mol. The summed E-state index contributed by atoms with van der Waals surface area (Å²) in [5, 5.41) is 12.5. The quantitative estimate of drug-likeness (QED) is 0.482. The highest BCUT2D eigenvalue weighted by atomic mass is 16.5. The van der Waals surface area contributed by atoms with Crippen LogP contribution in [0.1, 0.15) is 12.8 Å². The molecule has 4 rings (SSSR count). The zero-order chi connectivity index (χ0) is 20.4. The minimum absolute atomic E-state index is 0.241. The van der Waals surface area contributed by atoms with E-state index in [9.17, 15) is 5.11 Å². The van der Waals surface area contributed by atoms with Crippen LogP contribution in [-0.4, -0.2) is 61.7 Å². The summed E-state index contributed by atoms with van der Waals surface area (Å²) in [6, 6.07) is 5.84. The third-order valence-electron chi connectivity index (χ3n) is 5.31. The van der Waals surface area contributed by atoms with Crippen LogP contribution >= 0.6 is 0 Å². The maximum Gasteiger partial charge on any atom is 0.163 e. The van der Waals surface area contributed by atoms with Gasteiger partial charge in [-0.25, -0.2) is 4.98 Å². The Morgan fingerprint density at radius 3 is 2.59 bits per heavy atom. The van der Waals surface area contributed by atoms with Crippen molar-refractivity contribution in [2.24, 2.45) is 0 Å². The lowest BCUT2D eigenvalue weighted by atomic mass is 10.1. The van der Waals surface area contributed by atoms with Crippen LogP contribution in [0.4, 0.5) is 11.6 Å². The minimum Gasteiger partial charge on any atom is -0.493 e. The van der Waals surface area contributed by atoms with Crippen LogP contribution in [0, 0.1) is 0 Å². The summed E-state index contributed by atoms with van der Waals surface area (Å²) < 4.78 is 16.4. The normalized spacial score (nSPS) is 15.2. The summed E-state index contributed by atoms with van der Waals surface area (Å²) in [6.45, 7) is 2.42. The number of aromatic nitrogens is 2. The van der Waals surface area contributed by atoms with Crippen molar-refractivity contribution in [3.8, 4) is 11.5 Å². The number of piperidine rings is 1. The molecule has 0 saturated carbocycles. The first-order valence-corrected chi connectivity index (χ1v) is 9.72. The van der Waals surface area contributed by atoms with Gasteiger partial charge in [-0.15, -0.1) is 0 Å². The van der Waals surface area contributed by atoms with Crippen LogP contribution in [0.25, 0.3) is 21.7 Å². The summed E-state index contributed by atoms with van der Waals surface area (Å²) in [6.07, 6.45) is 2.96. The molecule has 0 amide bonds. The zero-order valence-corrected chi connectivity index (χ0v) is 16.7. The average Bonchev–Trinajstić information content (AvgIpc) is 2.73. The van der Waals surface area contributed by atoms with E-state index in [2.05, 4.69) is 14.9 Å².